The normalized spacial score (nSPS) is 10.4. The standard InChI is InChI=1S/C13H14BrN3O/c1-8-3-4-11(14)5-12(8)18-13-16-7-10(6-15)9(2)17-13/h3-5,7H,6,15H2,1-2H3. The molecule has 2 rings (SSSR count). The van der Waals surface area contributed by atoms with E-state index in [0.717, 1.165) is 27.0 Å². The van der Waals surface area contributed by atoms with Crippen LogP contribution >= 0.6 is 15.9 Å². The molecule has 0 fully saturated rings. The van der Waals surface area contributed by atoms with Crippen LogP contribution in [-0.2, 0) is 6.54 Å². The van der Waals surface area contributed by atoms with Crippen LogP contribution in [0.5, 0.6) is 11.8 Å². The average Bonchev–Trinajstić information content (AvgIpc) is 2.34. The van der Waals surface area contributed by atoms with Gasteiger partial charge < -0.3 is 10.5 Å². The number of benzene rings is 1. The summed E-state index contributed by atoms with van der Waals surface area (Å²) in [5.74, 6) is 0.740. The second kappa shape index (κ2) is 5.46. The lowest BCUT2D eigenvalue weighted by Gasteiger charge is -2.09. The van der Waals surface area contributed by atoms with Crippen molar-refractivity contribution in [1.29, 1.82) is 0 Å². The summed E-state index contributed by atoms with van der Waals surface area (Å²) >= 11 is 3.41. The number of aryl methyl sites for hydroxylation is 2. The van der Waals surface area contributed by atoms with Crippen LogP contribution < -0.4 is 10.5 Å². The van der Waals surface area contributed by atoms with E-state index in [2.05, 4.69) is 25.9 Å². The third-order valence-corrected chi connectivity index (χ3v) is 3.12. The van der Waals surface area contributed by atoms with Gasteiger partial charge in [0.25, 0.3) is 0 Å². The van der Waals surface area contributed by atoms with Crippen molar-refractivity contribution in [3.05, 3.63) is 45.7 Å². The third-order valence-electron chi connectivity index (χ3n) is 2.63. The SMILES string of the molecule is Cc1ccc(Br)cc1Oc1ncc(CN)c(C)n1. The number of hydrogen-bond donors (Lipinski definition) is 1. The number of halogens is 1. The molecule has 1 heterocycles. The molecule has 0 aliphatic rings. The van der Waals surface area contributed by atoms with Crippen molar-refractivity contribution in [2.45, 2.75) is 20.4 Å². The molecular weight excluding hydrogens is 294 g/mol. The largest absolute Gasteiger partial charge is 0.424 e. The molecular formula is C13H14BrN3O. The van der Waals surface area contributed by atoms with Gasteiger partial charge in [0.1, 0.15) is 5.75 Å². The highest BCUT2D eigenvalue weighted by atomic mass is 79.9. The zero-order valence-corrected chi connectivity index (χ0v) is 11.9. The summed E-state index contributed by atoms with van der Waals surface area (Å²) in [5, 5.41) is 0. The number of nitrogens with zero attached hydrogens (tertiary/aromatic N) is 2. The van der Waals surface area contributed by atoms with E-state index in [-0.39, 0.29) is 0 Å². The van der Waals surface area contributed by atoms with Crippen molar-refractivity contribution in [3.8, 4) is 11.8 Å². The minimum Gasteiger partial charge on any atom is -0.424 e. The Morgan fingerprint density at radius 3 is 2.78 bits per heavy atom. The van der Waals surface area contributed by atoms with Gasteiger partial charge in [0.15, 0.2) is 0 Å². The Balaban J connectivity index is 2.28. The molecule has 0 radical (unpaired) electrons. The molecule has 0 unspecified atom stereocenters. The van der Waals surface area contributed by atoms with Gasteiger partial charge in [-0.3, -0.25) is 0 Å². The molecule has 0 aliphatic carbocycles. The summed E-state index contributed by atoms with van der Waals surface area (Å²) in [6.45, 7) is 4.30. The highest BCUT2D eigenvalue weighted by molar-refractivity contribution is 9.10. The van der Waals surface area contributed by atoms with Gasteiger partial charge in [-0.05, 0) is 31.5 Å². The molecule has 0 bridgehead atoms. The monoisotopic (exact) mass is 307 g/mol. The first kappa shape index (κ1) is 13.0. The lowest BCUT2D eigenvalue weighted by Crippen LogP contribution is -2.03. The van der Waals surface area contributed by atoms with Crippen molar-refractivity contribution in [2.24, 2.45) is 5.73 Å². The Bertz CT molecular complexity index is 572. The summed E-state index contributed by atoms with van der Waals surface area (Å²) in [6.07, 6.45) is 1.70. The Labute approximate surface area is 114 Å². The van der Waals surface area contributed by atoms with Crippen LogP contribution in [0.15, 0.2) is 28.9 Å². The Morgan fingerprint density at radius 2 is 2.11 bits per heavy atom. The summed E-state index contributed by atoms with van der Waals surface area (Å²) < 4.78 is 6.63. The van der Waals surface area contributed by atoms with Gasteiger partial charge >= 0.3 is 6.01 Å². The fraction of sp³-hybridized carbons (Fsp3) is 0.231. The maximum absolute atomic E-state index is 5.68. The van der Waals surface area contributed by atoms with E-state index >= 15 is 0 Å². The first-order valence-electron chi connectivity index (χ1n) is 5.56. The maximum Gasteiger partial charge on any atom is 0.322 e. The zero-order chi connectivity index (χ0) is 13.1. The minimum absolute atomic E-state index is 0.339. The van der Waals surface area contributed by atoms with Gasteiger partial charge in [-0.2, -0.15) is 4.98 Å². The molecule has 0 aliphatic heterocycles. The van der Waals surface area contributed by atoms with E-state index in [9.17, 15) is 0 Å². The van der Waals surface area contributed by atoms with E-state index < -0.39 is 0 Å². The van der Waals surface area contributed by atoms with E-state index in [1.807, 2.05) is 32.0 Å². The second-order valence-electron chi connectivity index (χ2n) is 3.98. The van der Waals surface area contributed by atoms with Crippen LogP contribution in [0, 0.1) is 13.8 Å². The molecule has 2 N–H and O–H groups in total. The summed E-state index contributed by atoms with van der Waals surface area (Å²) in [4.78, 5) is 8.43. The number of hydrogen-bond acceptors (Lipinski definition) is 4. The van der Waals surface area contributed by atoms with E-state index in [1.165, 1.54) is 0 Å². The van der Waals surface area contributed by atoms with Crippen LogP contribution in [0.3, 0.4) is 0 Å². The molecule has 5 heteroatoms. The molecule has 4 nitrogen and oxygen atoms in total. The van der Waals surface area contributed by atoms with Crippen molar-refractivity contribution in [1.82, 2.24) is 9.97 Å². The molecule has 18 heavy (non-hydrogen) atoms. The van der Waals surface area contributed by atoms with Crippen molar-refractivity contribution < 1.29 is 4.74 Å². The summed E-state index contributed by atoms with van der Waals surface area (Å²) in [6, 6.07) is 6.17. The Kier molecular flexibility index (Phi) is 3.93. The van der Waals surface area contributed by atoms with E-state index in [4.69, 9.17) is 10.5 Å². The molecule has 94 valence electrons. The number of nitrogens with two attached hydrogens (primary N) is 1. The molecule has 1 aromatic heterocycles. The molecule has 0 amide bonds. The third kappa shape index (κ3) is 2.86. The van der Waals surface area contributed by atoms with Gasteiger partial charge in [-0.1, -0.05) is 22.0 Å². The van der Waals surface area contributed by atoms with Gasteiger partial charge in [-0.25, -0.2) is 4.98 Å². The average molecular weight is 308 g/mol. The fourth-order valence-corrected chi connectivity index (χ4v) is 1.84. The first-order valence-corrected chi connectivity index (χ1v) is 6.36. The van der Waals surface area contributed by atoms with Crippen molar-refractivity contribution in [2.75, 3.05) is 0 Å². The summed E-state index contributed by atoms with van der Waals surface area (Å²) in [5.41, 5.74) is 8.37. The van der Waals surface area contributed by atoms with Crippen LogP contribution in [-0.4, -0.2) is 9.97 Å². The van der Waals surface area contributed by atoms with Gasteiger partial charge in [0, 0.05) is 28.5 Å². The highest BCUT2D eigenvalue weighted by Crippen LogP contribution is 2.26. The summed E-state index contributed by atoms with van der Waals surface area (Å²) in [7, 11) is 0. The highest BCUT2D eigenvalue weighted by Gasteiger charge is 2.06. The van der Waals surface area contributed by atoms with Crippen LogP contribution in [0.4, 0.5) is 0 Å². The van der Waals surface area contributed by atoms with Gasteiger partial charge in [0.2, 0.25) is 0 Å². The number of ether oxygens (including phenoxy) is 1. The number of rotatable bonds is 3. The molecule has 0 saturated carbocycles. The van der Waals surface area contributed by atoms with E-state index in [0.29, 0.717) is 12.6 Å². The molecule has 0 spiro atoms. The Hall–Kier alpha value is -1.46. The first-order chi connectivity index (χ1) is 8.60. The molecule has 2 aromatic rings. The van der Waals surface area contributed by atoms with Crippen molar-refractivity contribution in [3.63, 3.8) is 0 Å². The molecule has 0 atom stereocenters. The topological polar surface area (TPSA) is 61.0 Å². The smallest absolute Gasteiger partial charge is 0.322 e. The maximum atomic E-state index is 5.68. The molecule has 0 saturated heterocycles. The number of aromatic nitrogens is 2. The van der Waals surface area contributed by atoms with Crippen LogP contribution in [0.25, 0.3) is 0 Å². The zero-order valence-electron chi connectivity index (χ0n) is 10.3. The van der Waals surface area contributed by atoms with Crippen LogP contribution in [0.1, 0.15) is 16.8 Å². The quantitative estimate of drug-likeness (QED) is 0.946. The van der Waals surface area contributed by atoms with Crippen molar-refractivity contribution >= 4 is 15.9 Å². The predicted octanol–water partition coefficient (Wildman–Crippen LogP) is 3.11. The predicted molar refractivity (Wildman–Crippen MR) is 73.6 cm³/mol. The van der Waals surface area contributed by atoms with Crippen LogP contribution in [0.2, 0.25) is 0 Å². The second-order valence-corrected chi connectivity index (χ2v) is 4.89. The molecule has 1 aromatic carbocycles. The minimum atomic E-state index is 0.339. The lowest BCUT2D eigenvalue weighted by molar-refractivity contribution is 0.436. The Morgan fingerprint density at radius 1 is 1.33 bits per heavy atom. The van der Waals surface area contributed by atoms with E-state index in [1.54, 1.807) is 6.20 Å². The van der Waals surface area contributed by atoms with Gasteiger partial charge in [0.05, 0.1) is 0 Å². The fourth-order valence-electron chi connectivity index (χ4n) is 1.50. The van der Waals surface area contributed by atoms with Gasteiger partial charge in [-0.15, -0.1) is 0 Å². The lowest BCUT2D eigenvalue weighted by atomic mass is 10.2.